The van der Waals surface area contributed by atoms with Gasteiger partial charge in [-0.25, -0.2) is 4.99 Å². The number of hydrogen-bond donors (Lipinski definition) is 1. The summed E-state index contributed by atoms with van der Waals surface area (Å²) in [7, 11) is 0. The van der Waals surface area contributed by atoms with Crippen LogP contribution in [0.4, 0.5) is 0 Å². The second kappa shape index (κ2) is 18.1. The summed E-state index contributed by atoms with van der Waals surface area (Å²) in [6.07, 6.45) is 27.0. The lowest BCUT2D eigenvalue weighted by Crippen LogP contribution is -2.51. The molecule has 0 spiro atoms. The van der Waals surface area contributed by atoms with Gasteiger partial charge in [0.25, 0.3) is 0 Å². The van der Waals surface area contributed by atoms with Crippen LogP contribution in [0.1, 0.15) is 117 Å². The minimum Gasteiger partial charge on any atom is -0.390 e. The van der Waals surface area contributed by atoms with E-state index in [0.29, 0.717) is 0 Å². The predicted molar refractivity (Wildman–Crippen MR) is 129 cm³/mol. The van der Waals surface area contributed by atoms with Gasteiger partial charge in [-0.1, -0.05) is 103 Å². The quantitative estimate of drug-likeness (QED) is 0.170. The SMILES string of the molecule is CCCCCCCCCCCCCCCCC/C=C/C1=NCC[N+]1(CC)CCO. The summed E-state index contributed by atoms with van der Waals surface area (Å²) < 4.78 is 0.867. The highest BCUT2D eigenvalue weighted by Crippen LogP contribution is 2.17. The van der Waals surface area contributed by atoms with Gasteiger partial charge in [-0.05, 0) is 19.8 Å². The smallest absolute Gasteiger partial charge is 0.222 e. The number of allylic oxidation sites excluding steroid dienone is 1. The van der Waals surface area contributed by atoms with E-state index in [-0.39, 0.29) is 6.61 Å². The summed E-state index contributed by atoms with van der Waals surface area (Å²) >= 11 is 0. The molecule has 3 heteroatoms. The molecule has 1 atom stereocenters. The highest BCUT2D eigenvalue weighted by molar-refractivity contribution is 5.88. The first-order valence-electron chi connectivity index (χ1n) is 13.0. The van der Waals surface area contributed by atoms with E-state index in [2.05, 4.69) is 31.0 Å². The fourth-order valence-electron chi connectivity index (χ4n) is 4.55. The molecule has 0 saturated heterocycles. The molecule has 0 aromatic carbocycles. The number of aliphatic hydroxyl groups excluding tert-OH is 1. The molecule has 1 aliphatic heterocycles. The lowest BCUT2D eigenvalue weighted by atomic mass is 10.0. The van der Waals surface area contributed by atoms with Crippen LogP contribution in [0, 0.1) is 0 Å². The molecule has 0 bridgehead atoms. The molecule has 0 radical (unpaired) electrons. The maximum Gasteiger partial charge on any atom is 0.222 e. The Balaban J connectivity index is 1.89. The van der Waals surface area contributed by atoms with E-state index < -0.39 is 0 Å². The van der Waals surface area contributed by atoms with Crippen molar-refractivity contribution in [2.45, 2.75) is 117 Å². The van der Waals surface area contributed by atoms with Gasteiger partial charge in [-0.3, -0.25) is 4.48 Å². The van der Waals surface area contributed by atoms with E-state index in [1.54, 1.807) is 0 Å². The standard InChI is InChI=1S/C26H51N2O/c1-3-5-6-7-8-9-10-11-12-13-14-15-16-17-18-19-20-21-26-27-22-23-28(26,4-2)24-25-29/h20-21,29H,3-19,22-25H2,1-2H3/q+1/b21-20+. The van der Waals surface area contributed by atoms with E-state index >= 15 is 0 Å². The van der Waals surface area contributed by atoms with Gasteiger partial charge >= 0.3 is 0 Å². The summed E-state index contributed by atoms with van der Waals surface area (Å²) in [6.45, 7) is 8.54. The maximum atomic E-state index is 9.37. The largest absolute Gasteiger partial charge is 0.390 e. The fraction of sp³-hybridized carbons (Fsp3) is 0.885. The van der Waals surface area contributed by atoms with Crippen LogP contribution in [-0.2, 0) is 0 Å². The Bertz CT molecular complexity index is 432. The van der Waals surface area contributed by atoms with Gasteiger partial charge in [0.1, 0.15) is 13.1 Å². The van der Waals surface area contributed by atoms with E-state index in [9.17, 15) is 5.11 Å². The van der Waals surface area contributed by atoms with Crippen LogP contribution < -0.4 is 0 Å². The summed E-state index contributed by atoms with van der Waals surface area (Å²) in [5, 5.41) is 9.37. The van der Waals surface area contributed by atoms with Crippen molar-refractivity contribution in [3.8, 4) is 0 Å². The van der Waals surface area contributed by atoms with Crippen molar-refractivity contribution in [1.29, 1.82) is 0 Å². The second-order valence-corrected chi connectivity index (χ2v) is 9.01. The molecule has 1 rings (SSSR count). The molecular formula is C26H51N2O+. The number of aliphatic imine (C=N–C) groups is 1. The molecule has 0 aromatic heterocycles. The zero-order chi connectivity index (χ0) is 21.0. The maximum absolute atomic E-state index is 9.37. The Kier molecular flexibility index (Phi) is 16.5. The van der Waals surface area contributed by atoms with Crippen molar-refractivity contribution in [3.05, 3.63) is 12.2 Å². The van der Waals surface area contributed by atoms with Gasteiger partial charge in [-0.2, -0.15) is 0 Å². The van der Waals surface area contributed by atoms with Crippen LogP contribution in [0.25, 0.3) is 0 Å². The first-order valence-corrected chi connectivity index (χ1v) is 13.0. The Labute approximate surface area is 182 Å². The molecule has 0 saturated carbocycles. The average molecular weight is 408 g/mol. The third-order valence-corrected chi connectivity index (χ3v) is 6.66. The summed E-state index contributed by atoms with van der Waals surface area (Å²) in [4.78, 5) is 4.68. The van der Waals surface area contributed by atoms with Crippen LogP contribution in [0.15, 0.2) is 17.1 Å². The van der Waals surface area contributed by atoms with Gasteiger partial charge in [0, 0.05) is 6.08 Å². The monoisotopic (exact) mass is 407 g/mol. The van der Waals surface area contributed by atoms with Gasteiger partial charge in [0.05, 0.1) is 19.7 Å². The van der Waals surface area contributed by atoms with Crippen molar-refractivity contribution in [1.82, 2.24) is 0 Å². The number of rotatable bonds is 20. The Morgan fingerprint density at radius 1 is 0.793 bits per heavy atom. The lowest BCUT2D eigenvalue weighted by molar-refractivity contribution is -0.832. The second-order valence-electron chi connectivity index (χ2n) is 9.01. The van der Waals surface area contributed by atoms with Gasteiger partial charge in [-0.15, -0.1) is 0 Å². The van der Waals surface area contributed by atoms with Crippen LogP contribution in [0.5, 0.6) is 0 Å². The molecule has 1 aliphatic rings. The zero-order valence-corrected chi connectivity index (χ0v) is 19.8. The minimum atomic E-state index is 0.250. The van der Waals surface area contributed by atoms with Gasteiger partial charge < -0.3 is 5.11 Å². The normalized spacial score (nSPS) is 19.3. The molecule has 1 unspecified atom stereocenters. The molecule has 1 heterocycles. The van der Waals surface area contributed by atoms with Crippen LogP contribution in [-0.4, -0.2) is 48.2 Å². The third kappa shape index (κ3) is 11.9. The lowest BCUT2D eigenvalue weighted by Gasteiger charge is -2.31. The molecule has 1 N–H and O–H groups in total. The molecule has 0 aliphatic carbocycles. The third-order valence-electron chi connectivity index (χ3n) is 6.66. The molecule has 3 nitrogen and oxygen atoms in total. The first-order chi connectivity index (χ1) is 14.3. The summed E-state index contributed by atoms with van der Waals surface area (Å²) in [5.41, 5.74) is 0. The van der Waals surface area contributed by atoms with Crippen molar-refractivity contribution >= 4 is 5.84 Å². The van der Waals surface area contributed by atoms with E-state index in [1.165, 1.54) is 109 Å². The van der Waals surface area contributed by atoms with Crippen LogP contribution >= 0.6 is 0 Å². The number of hydrogen-bond acceptors (Lipinski definition) is 2. The Morgan fingerprint density at radius 3 is 1.79 bits per heavy atom. The number of unbranched alkanes of at least 4 members (excludes halogenated alkanes) is 15. The zero-order valence-electron chi connectivity index (χ0n) is 19.8. The fourth-order valence-corrected chi connectivity index (χ4v) is 4.55. The molecule has 170 valence electrons. The van der Waals surface area contributed by atoms with Gasteiger partial charge in [0.2, 0.25) is 5.84 Å². The topological polar surface area (TPSA) is 32.6 Å². The van der Waals surface area contributed by atoms with E-state index in [0.717, 1.165) is 30.7 Å². The van der Waals surface area contributed by atoms with E-state index in [4.69, 9.17) is 0 Å². The number of nitrogens with zero attached hydrogens (tertiary/aromatic N) is 2. The minimum absolute atomic E-state index is 0.250. The van der Waals surface area contributed by atoms with Crippen molar-refractivity contribution in [2.75, 3.05) is 32.8 Å². The number of likely N-dealkylation sites (N-methyl/N-ethyl adjacent to an activating group) is 1. The number of amidine groups is 1. The predicted octanol–water partition coefficient (Wildman–Crippen LogP) is 7.05. The molecule has 29 heavy (non-hydrogen) atoms. The molecule has 0 amide bonds. The molecule has 0 fully saturated rings. The first kappa shape index (κ1) is 26.4. The summed E-state index contributed by atoms with van der Waals surface area (Å²) in [5.74, 6) is 1.18. The number of quaternary nitrogens is 1. The van der Waals surface area contributed by atoms with Crippen molar-refractivity contribution < 1.29 is 9.59 Å². The Morgan fingerprint density at radius 2 is 1.31 bits per heavy atom. The van der Waals surface area contributed by atoms with Crippen molar-refractivity contribution in [2.24, 2.45) is 4.99 Å². The van der Waals surface area contributed by atoms with Gasteiger partial charge in [0.15, 0.2) is 0 Å². The number of aliphatic hydroxyl groups is 1. The van der Waals surface area contributed by atoms with E-state index in [1.807, 2.05) is 0 Å². The Hall–Kier alpha value is -0.670. The van der Waals surface area contributed by atoms with Crippen LogP contribution in [0.3, 0.4) is 0 Å². The molecule has 0 aromatic rings. The van der Waals surface area contributed by atoms with Crippen molar-refractivity contribution in [3.63, 3.8) is 0 Å². The highest BCUT2D eigenvalue weighted by Gasteiger charge is 2.34. The average Bonchev–Trinajstić information content (AvgIpc) is 3.13. The molecular weight excluding hydrogens is 356 g/mol. The van der Waals surface area contributed by atoms with Crippen LogP contribution in [0.2, 0.25) is 0 Å². The summed E-state index contributed by atoms with van der Waals surface area (Å²) in [6, 6.07) is 0. The highest BCUT2D eigenvalue weighted by atomic mass is 16.3.